The number of rotatable bonds is 3. The second-order valence-corrected chi connectivity index (χ2v) is 4.86. The third kappa shape index (κ3) is 2.93. The van der Waals surface area contributed by atoms with Crippen LogP contribution in [0.1, 0.15) is 23.9 Å². The van der Waals surface area contributed by atoms with E-state index in [1.54, 1.807) is 0 Å². The summed E-state index contributed by atoms with van der Waals surface area (Å²) in [6.07, 6.45) is 2.51. The van der Waals surface area contributed by atoms with Gasteiger partial charge in [-0.15, -0.1) is 0 Å². The van der Waals surface area contributed by atoms with Gasteiger partial charge in [-0.1, -0.05) is 17.7 Å². The summed E-state index contributed by atoms with van der Waals surface area (Å²) in [6.45, 7) is 6.16. The van der Waals surface area contributed by atoms with Gasteiger partial charge in [0.25, 0.3) is 0 Å². The summed E-state index contributed by atoms with van der Waals surface area (Å²) in [6, 6.07) is 8.43. The first-order chi connectivity index (χ1) is 8.56. The summed E-state index contributed by atoms with van der Waals surface area (Å²) in [5.74, 6) is 0.809. The van der Waals surface area contributed by atoms with Crippen LogP contribution in [-0.2, 0) is 6.42 Å². The highest BCUT2D eigenvalue weighted by atomic mass is 14.9. The van der Waals surface area contributed by atoms with Crippen molar-refractivity contribution in [1.29, 1.82) is 0 Å². The predicted molar refractivity (Wildman–Crippen MR) is 74.3 cm³/mol. The number of aryl methyl sites for hydroxylation is 2. The summed E-state index contributed by atoms with van der Waals surface area (Å²) >= 11 is 0. The third-order valence-electron chi connectivity index (χ3n) is 2.88. The Balaban J connectivity index is 2.41. The molecule has 18 heavy (non-hydrogen) atoms. The predicted octanol–water partition coefficient (Wildman–Crippen LogP) is 2.65. The van der Waals surface area contributed by atoms with Gasteiger partial charge in [0, 0.05) is 24.2 Å². The van der Waals surface area contributed by atoms with Crippen molar-refractivity contribution in [1.82, 2.24) is 9.97 Å². The van der Waals surface area contributed by atoms with E-state index in [-0.39, 0.29) is 6.04 Å². The van der Waals surface area contributed by atoms with E-state index in [0.717, 1.165) is 11.5 Å². The summed E-state index contributed by atoms with van der Waals surface area (Å²) in [4.78, 5) is 8.86. The molecule has 3 heteroatoms. The van der Waals surface area contributed by atoms with Gasteiger partial charge in [0.1, 0.15) is 5.82 Å². The zero-order chi connectivity index (χ0) is 13.1. The molecular weight excluding hydrogens is 222 g/mol. The molecule has 0 fully saturated rings. The molecule has 0 radical (unpaired) electrons. The zero-order valence-corrected chi connectivity index (χ0v) is 11.1. The molecule has 1 aromatic heterocycles. The van der Waals surface area contributed by atoms with E-state index < -0.39 is 0 Å². The van der Waals surface area contributed by atoms with Crippen molar-refractivity contribution >= 4 is 0 Å². The second-order valence-electron chi connectivity index (χ2n) is 4.86. The lowest BCUT2D eigenvalue weighted by molar-refractivity contribution is 0.702. The topological polar surface area (TPSA) is 51.8 Å². The van der Waals surface area contributed by atoms with Crippen molar-refractivity contribution in [3.8, 4) is 11.3 Å². The van der Waals surface area contributed by atoms with Crippen molar-refractivity contribution < 1.29 is 0 Å². The molecule has 1 atom stereocenters. The Hall–Kier alpha value is -1.74. The molecule has 0 aliphatic carbocycles. The highest BCUT2D eigenvalue weighted by molar-refractivity contribution is 5.64. The lowest BCUT2D eigenvalue weighted by Crippen LogP contribution is -2.19. The van der Waals surface area contributed by atoms with Gasteiger partial charge in [-0.2, -0.15) is 0 Å². The number of nitrogens with two attached hydrogens (primary N) is 1. The molecule has 2 aromatic rings. The van der Waals surface area contributed by atoms with Crippen molar-refractivity contribution in [3.63, 3.8) is 0 Å². The van der Waals surface area contributed by atoms with E-state index in [0.29, 0.717) is 6.42 Å². The number of hydrogen-bond acceptors (Lipinski definition) is 3. The van der Waals surface area contributed by atoms with E-state index in [9.17, 15) is 0 Å². The SMILES string of the molecule is Cc1ccc(C)c(-c2ccnc(CC(C)N)n2)c1. The Kier molecular flexibility index (Phi) is 3.72. The summed E-state index contributed by atoms with van der Waals surface area (Å²) in [7, 11) is 0. The van der Waals surface area contributed by atoms with Crippen LogP contribution in [0.25, 0.3) is 11.3 Å². The van der Waals surface area contributed by atoms with Crippen LogP contribution in [0.3, 0.4) is 0 Å². The molecule has 0 bridgehead atoms. The van der Waals surface area contributed by atoms with Crippen molar-refractivity contribution in [2.45, 2.75) is 33.2 Å². The van der Waals surface area contributed by atoms with Gasteiger partial charge in [0.15, 0.2) is 0 Å². The first-order valence-electron chi connectivity index (χ1n) is 6.21. The minimum Gasteiger partial charge on any atom is -0.328 e. The maximum absolute atomic E-state index is 5.79. The third-order valence-corrected chi connectivity index (χ3v) is 2.88. The minimum absolute atomic E-state index is 0.0823. The van der Waals surface area contributed by atoms with Crippen LogP contribution in [0.4, 0.5) is 0 Å². The highest BCUT2D eigenvalue weighted by Gasteiger charge is 2.07. The lowest BCUT2D eigenvalue weighted by atomic mass is 10.0. The highest BCUT2D eigenvalue weighted by Crippen LogP contribution is 2.22. The average molecular weight is 241 g/mol. The van der Waals surface area contributed by atoms with Gasteiger partial charge in [-0.3, -0.25) is 0 Å². The summed E-state index contributed by atoms with van der Waals surface area (Å²) in [5.41, 5.74) is 10.4. The van der Waals surface area contributed by atoms with Gasteiger partial charge in [0.2, 0.25) is 0 Å². The Morgan fingerprint density at radius 3 is 2.72 bits per heavy atom. The molecule has 0 spiro atoms. The van der Waals surface area contributed by atoms with E-state index in [1.165, 1.54) is 16.7 Å². The molecule has 2 N–H and O–H groups in total. The van der Waals surface area contributed by atoms with Crippen LogP contribution in [0.5, 0.6) is 0 Å². The standard InChI is InChI=1S/C15H19N3/c1-10-4-5-11(2)13(8-10)14-6-7-17-15(18-14)9-12(3)16/h4-8,12H,9,16H2,1-3H3. The molecule has 0 aliphatic heterocycles. The average Bonchev–Trinajstić information content (AvgIpc) is 2.32. The molecule has 94 valence electrons. The fraction of sp³-hybridized carbons (Fsp3) is 0.333. The van der Waals surface area contributed by atoms with Crippen LogP contribution in [0, 0.1) is 13.8 Å². The maximum atomic E-state index is 5.79. The van der Waals surface area contributed by atoms with Crippen LogP contribution in [0.2, 0.25) is 0 Å². The van der Waals surface area contributed by atoms with E-state index in [1.807, 2.05) is 19.2 Å². The van der Waals surface area contributed by atoms with Gasteiger partial charge < -0.3 is 5.73 Å². The molecule has 3 nitrogen and oxygen atoms in total. The van der Waals surface area contributed by atoms with Gasteiger partial charge in [-0.05, 0) is 38.5 Å². The van der Waals surface area contributed by atoms with Crippen LogP contribution >= 0.6 is 0 Å². The van der Waals surface area contributed by atoms with E-state index in [2.05, 4.69) is 42.0 Å². The molecule has 1 heterocycles. The number of hydrogen-bond donors (Lipinski definition) is 1. The molecule has 0 aliphatic rings. The van der Waals surface area contributed by atoms with Crippen LogP contribution in [-0.4, -0.2) is 16.0 Å². The van der Waals surface area contributed by atoms with Crippen molar-refractivity contribution in [2.24, 2.45) is 5.73 Å². The van der Waals surface area contributed by atoms with Gasteiger partial charge >= 0.3 is 0 Å². The Bertz CT molecular complexity index is 547. The van der Waals surface area contributed by atoms with Gasteiger partial charge in [-0.25, -0.2) is 9.97 Å². The van der Waals surface area contributed by atoms with Crippen LogP contribution in [0.15, 0.2) is 30.5 Å². The van der Waals surface area contributed by atoms with Crippen molar-refractivity contribution in [3.05, 3.63) is 47.4 Å². The fourth-order valence-electron chi connectivity index (χ4n) is 1.95. The number of aromatic nitrogens is 2. The van der Waals surface area contributed by atoms with Crippen molar-refractivity contribution in [2.75, 3.05) is 0 Å². The minimum atomic E-state index is 0.0823. The molecule has 2 rings (SSSR count). The summed E-state index contributed by atoms with van der Waals surface area (Å²) in [5, 5.41) is 0. The lowest BCUT2D eigenvalue weighted by Gasteiger charge is -2.09. The summed E-state index contributed by atoms with van der Waals surface area (Å²) < 4.78 is 0. The van der Waals surface area contributed by atoms with Gasteiger partial charge in [0.05, 0.1) is 5.69 Å². The Morgan fingerprint density at radius 2 is 2.00 bits per heavy atom. The second kappa shape index (κ2) is 5.27. The first-order valence-corrected chi connectivity index (χ1v) is 6.21. The molecule has 1 unspecified atom stereocenters. The molecule has 0 amide bonds. The van der Waals surface area contributed by atoms with Crippen LogP contribution < -0.4 is 5.73 Å². The molecule has 0 saturated heterocycles. The number of nitrogens with zero attached hydrogens (tertiary/aromatic N) is 2. The Morgan fingerprint density at radius 1 is 1.22 bits per heavy atom. The zero-order valence-electron chi connectivity index (χ0n) is 11.1. The monoisotopic (exact) mass is 241 g/mol. The Labute approximate surface area is 108 Å². The first kappa shape index (κ1) is 12.7. The molecular formula is C15H19N3. The molecule has 1 aromatic carbocycles. The number of benzene rings is 1. The van der Waals surface area contributed by atoms with E-state index >= 15 is 0 Å². The van der Waals surface area contributed by atoms with E-state index in [4.69, 9.17) is 5.73 Å². The smallest absolute Gasteiger partial charge is 0.130 e. The maximum Gasteiger partial charge on any atom is 0.130 e. The fourth-order valence-corrected chi connectivity index (χ4v) is 1.95. The molecule has 0 saturated carbocycles. The quantitative estimate of drug-likeness (QED) is 0.898. The normalized spacial score (nSPS) is 12.4. The largest absolute Gasteiger partial charge is 0.328 e.